The van der Waals surface area contributed by atoms with Crippen molar-refractivity contribution in [2.45, 2.75) is 26.7 Å². The molecule has 0 aliphatic carbocycles. The molecule has 3 heteroatoms. The molecule has 2 aromatic carbocycles. The average Bonchev–Trinajstić information content (AvgIpc) is 2.45. The molecule has 110 valence electrons. The number of halogens is 1. The molecular weight excluding hydrogens is 328 g/mol. The van der Waals surface area contributed by atoms with E-state index in [4.69, 9.17) is 4.74 Å². The van der Waals surface area contributed by atoms with Gasteiger partial charge >= 0.3 is 0 Å². The van der Waals surface area contributed by atoms with Crippen LogP contribution in [0.4, 0.5) is 0 Å². The molecule has 2 aromatic rings. The van der Waals surface area contributed by atoms with Crippen LogP contribution in [0.25, 0.3) is 0 Å². The molecular formula is C18H19BrO2. The summed E-state index contributed by atoms with van der Waals surface area (Å²) in [5.74, 6) is 1.13. The normalized spacial score (nSPS) is 10.7. The van der Waals surface area contributed by atoms with Gasteiger partial charge in [-0.25, -0.2) is 0 Å². The molecule has 0 aliphatic heterocycles. The van der Waals surface area contributed by atoms with Gasteiger partial charge in [0.05, 0.1) is 0 Å². The predicted octanol–water partition coefficient (Wildman–Crippen LogP) is 5.14. The van der Waals surface area contributed by atoms with E-state index in [0.717, 1.165) is 21.3 Å². The Morgan fingerprint density at radius 1 is 1.19 bits per heavy atom. The van der Waals surface area contributed by atoms with Gasteiger partial charge in [0.15, 0.2) is 6.61 Å². The predicted molar refractivity (Wildman–Crippen MR) is 89.2 cm³/mol. The topological polar surface area (TPSA) is 26.3 Å². The van der Waals surface area contributed by atoms with Crippen molar-refractivity contribution in [3.63, 3.8) is 0 Å². The quantitative estimate of drug-likeness (QED) is 0.700. The standard InChI is InChI=1S/C18H19BrO2/c1-12(2)14-9-8-13(3)10-18(14)21-11-17(20)15-6-4-5-7-16(15)19/h4-10,12H,11H2,1-3H3. The third kappa shape index (κ3) is 3.94. The van der Waals surface area contributed by atoms with Crippen molar-refractivity contribution in [3.05, 3.63) is 63.6 Å². The Kier molecular flexibility index (Phi) is 5.18. The van der Waals surface area contributed by atoms with Crippen LogP contribution in [0.5, 0.6) is 5.75 Å². The molecule has 0 aromatic heterocycles. The highest BCUT2D eigenvalue weighted by molar-refractivity contribution is 9.10. The van der Waals surface area contributed by atoms with E-state index in [-0.39, 0.29) is 12.4 Å². The lowest BCUT2D eigenvalue weighted by atomic mass is 10.0. The number of rotatable bonds is 5. The number of ketones is 1. The summed E-state index contributed by atoms with van der Waals surface area (Å²) in [6.45, 7) is 6.30. The summed E-state index contributed by atoms with van der Waals surface area (Å²) in [4.78, 5) is 12.2. The largest absolute Gasteiger partial charge is 0.485 e. The van der Waals surface area contributed by atoms with Crippen LogP contribution in [-0.2, 0) is 0 Å². The van der Waals surface area contributed by atoms with Gasteiger partial charge in [-0.2, -0.15) is 0 Å². The van der Waals surface area contributed by atoms with Crippen LogP contribution >= 0.6 is 15.9 Å². The second-order valence-electron chi connectivity index (χ2n) is 5.39. The van der Waals surface area contributed by atoms with Gasteiger partial charge in [0, 0.05) is 10.0 Å². The van der Waals surface area contributed by atoms with E-state index in [0.29, 0.717) is 11.5 Å². The SMILES string of the molecule is Cc1ccc(C(C)C)c(OCC(=O)c2ccccc2Br)c1. The lowest BCUT2D eigenvalue weighted by Crippen LogP contribution is -2.13. The number of benzene rings is 2. The first-order valence-electron chi connectivity index (χ1n) is 7.00. The first kappa shape index (κ1) is 15.8. The maximum Gasteiger partial charge on any atom is 0.201 e. The molecule has 0 saturated carbocycles. The van der Waals surface area contributed by atoms with Gasteiger partial charge in [-0.15, -0.1) is 0 Å². The molecule has 0 bridgehead atoms. The fraction of sp³-hybridized carbons (Fsp3) is 0.278. The van der Waals surface area contributed by atoms with Gasteiger partial charge in [0.25, 0.3) is 0 Å². The van der Waals surface area contributed by atoms with Gasteiger partial charge in [-0.1, -0.05) is 60.1 Å². The van der Waals surface area contributed by atoms with Crippen LogP contribution < -0.4 is 4.74 Å². The fourth-order valence-corrected chi connectivity index (χ4v) is 2.66. The summed E-state index contributed by atoms with van der Waals surface area (Å²) < 4.78 is 6.58. The Morgan fingerprint density at radius 3 is 2.57 bits per heavy atom. The molecule has 0 aliphatic rings. The number of hydrogen-bond donors (Lipinski definition) is 0. The van der Waals surface area contributed by atoms with E-state index in [1.165, 1.54) is 0 Å². The van der Waals surface area contributed by atoms with Crippen molar-refractivity contribution in [2.75, 3.05) is 6.61 Å². The number of hydrogen-bond acceptors (Lipinski definition) is 2. The molecule has 2 rings (SSSR count). The van der Waals surface area contributed by atoms with Crippen LogP contribution in [0.15, 0.2) is 46.9 Å². The zero-order valence-electron chi connectivity index (χ0n) is 12.5. The minimum Gasteiger partial charge on any atom is -0.485 e. The van der Waals surface area contributed by atoms with Crippen molar-refractivity contribution >= 4 is 21.7 Å². The molecule has 0 heterocycles. The van der Waals surface area contributed by atoms with E-state index in [1.54, 1.807) is 6.07 Å². The summed E-state index contributed by atoms with van der Waals surface area (Å²) in [7, 11) is 0. The highest BCUT2D eigenvalue weighted by Gasteiger charge is 2.13. The van der Waals surface area contributed by atoms with Gasteiger partial charge < -0.3 is 4.74 Å². The molecule has 0 amide bonds. The molecule has 0 unspecified atom stereocenters. The van der Waals surface area contributed by atoms with Gasteiger partial charge in [-0.05, 0) is 36.1 Å². The van der Waals surface area contributed by atoms with Crippen LogP contribution in [-0.4, -0.2) is 12.4 Å². The summed E-state index contributed by atoms with van der Waals surface area (Å²) in [5.41, 5.74) is 2.90. The van der Waals surface area contributed by atoms with Gasteiger partial charge in [0.1, 0.15) is 5.75 Å². The van der Waals surface area contributed by atoms with E-state index < -0.39 is 0 Å². The highest BCUT2D eigenvalue weighted by Crippen LogP contribution is 2.27. The van der Waals surface area contributed by atoms with Crippen LogP contribution in [0.2, 0.25) is 0 Å². The zero-order chi connectivity index (χ0) is 15.4. The molecule has 2 nitrogen and oxygen atoms in total. The van der Waals surface area contributed by atoms with E-state index in [2.05, 4.69) is 41.9 Å². The first-order valence-corrected chi connectivity index (χ1v) is 7.79. The average molecular weight is 347 g/mol. The maximum atomic E-state index is 12.2. The van der Waals surface area contributed by atoms with Crippen LogP contribution in [0.3, 0.4) is 0 Å². The number of carbonyl (C=O) groups is 1. The van der Waals surface area contributed by atoms with Crippen LogP contribution in [0, 0.1) is 6.92 Å². The van der Waals surface area contributed by atoms with Crippen molar-refractivity contribution in [2.24, 2.45) is 0 Å². The van der Waals surface area contributed by atoms with Crippen molar-refractivity contribution in [3.8, 4) is 5.75 Å². The minimum atomic E-state index is -0.0290. The summed E-state index contributed by atoms with van der Waals surface area (Å²) in [6.07, 6.45) is 0. The molecule has 0 fully saturated rings. The van der Waals surface area contributed by atoms with Gasteiger partial charge in [-0.3, -0.25) is 4.79 Å². The molecule has 0 atom stereocenters. The Morgan fingerprint density at radius 2 is 1.90 bits per heavy atom. The lowest BCUT2D eigenvalue weighted by molar-refractivity contribution is 0.0920. The third-order valence-corrected chi connectivity index (χ3v) is 4.02. The number of ether oxygens (including phenoxy) is 1. The minimum absolute atomic E-state index is 0.0290. The van der Waals surface area contributed by atoms with Crippen molar-refractivity contribution < 1.29 is 9.53 Å². The third-order valence-electron chi connectivity index (χ3n) is 3.32. The molecule has 0 radical (unpaired) electrons. The lowest BCUT2D eigenvalue weighted by Gasteiger charge is -2.14. The molecule has 0 N–H and O–H groups in total. The van der Waals surface area contributed by atoms with E-state index in [1.807, 2.05) is 31.2 Å². The Bertz CT molecular complexity index is 647. The van der Waals surface area contributed by atoms with Crippen LogP contribution in [0.1, 0.15) is 41.3 Å². The number of Topliss-reactive ketones (excluding diaryl/α,β-unsaturated/α-hetero) is 1. The Hall–Kier alpha value is -1.61. The maximum absolute atomic E-state index is 12.2. The Labute approximate surface area is 134 Å². The molecule has 21 heavy (non-hydrogen) atoms. The molecule has 0 spiro atoms. The Balaban J connectivity index is 2.15. The monoisotopic (exact) mass is 346 g/mol. The van der Waals surface area contributed by atoms with Crippen molar-refractivity contribution in [1.82, 2.24) is 0 Å². The van der Waals surface area contributed by atoms with Gasteiger partial charge in [0.2, 0.25) is 5.78 Å². The number of carbonyl (C=O) groups excluding carboxylic acids is 1. The first-order chi connectivity index (χ1) is 9.99. The smallest absolute Gasteiger partial charge is 0.201 e. The molecule has 0 saturated heterocycles. The summed E-state index contributed by atoms with van der Waals surface area (Å²) in [6, 6.07) is 13.5. The second kappa shape index (κ2) is 6.90. The second-order valence-corrected chi connectivity index (χ2v) is 6.24. The summed E-state index contributed by atoms with van der Waals surface area (Å²) in [5, 5.41) is 0. The van der Waals surface area contributed by atoms with Crippen molar-refractivity contribution in [1.29, 1.82) is 0 Å². The fourth-order valence-electron chi connectivity index (χ4n) is 2.15. The van der Waals surface area contributed by atoms with E-state index >= 15 is 0 Å². The zero-order valence-corrected chi connectivity index (χ0v) is 14.1. The summed E-state index contributed by atoms with van der Waals surface area (Å²) >= 11 is 3.40. The highest BCUT2D eigenvalue weighted by atomic mass is 79.9. The van der Waals surface area contributed by atoms with E-state index in [9.17, 15) is 4.79 Å². The number of aryl methyl sites for hydroxylation is 1.